The zero-order chi connectivity index (χ0) is 61.4. The van der Waals surface area contributed by atoms with Crippen LogP contribution in [0.15, 0.2) is 109 Å². The maximum atomic E-state index is 13.0. The summed E-state index contributed by atoms with van der Waals surface area (Å²) >= 11 is 0. The SMILES string of the molecule is CCC(COC(=O)CCc1cc(-n2nc3ccccc3n2)c(O)c(C(C)(C)C)c1)OC(=O)CCc1cc(-n2nc3ccccc3n2)c(O)c(C(C)(C)C)c1.COCC(=O)COC(=O)CCc1cc(-n2nc3ccccc3n2)c(O)c(C(C)(C)C)c1. The molecule has 1 unspecified atom stereocenters. The fourth-order valence-electron chi connectivity index (χ4n) is 9.45. The third kappa shape index (κ3) is 15.6. The van der Waals surface area contributed by atoms with E-state index >= 15 is 0 Å². The Hall–Kier alpha value is -9.04. The maximum absolute atomic E-state index is 13.0. The van der Waals surface area contributed by atoms with Crippen molar-refractivity contribution in [3.05, 3.63) is 143 Å². The van der Waals surface area contributed by atoms with Gasteiger partial charge in [-0.15, -0.1) is 45.0 Å². The largest absolute Gasteiger partial charge is 0.505 e. The zero-order valence-electron chi connectivity index (χ0n) is 50.2. The van der Waals surface area contributed by atoms with Crippen LogP contribution in [0.3, 0.4) is 0 Å². The van der Waals surface area contributed by atoms with E-state index < -0.39 is 24.0 Å². The number of fused-ring (bicyclic) bond motifs is 3. The van der Waals surface area contributed by atoms with Crippen LogP contribution in [0, 0.1) is 0 Å². The van der Waals surface area contributed by atoms with E-state index in [1.807, 2.05) is 160 Å². The number of rotatable bonds is 20. The van der Waals surface area contributed by atoms with Gasteiger partial charge in [-0.2, -0.15) is 0 Å². The normalized spacial score (nSPS) is 12.3. The Kier molecular flexibility index (Phi) is 19.2. The Labute approximate surface area is 493 Å². The second-order valence-corrected chi connectivity index (χ2v) is 24.1. The first-order valence-electron chi connectivity index (χ1n) is 28.4. The summed E-state index contributed by atoms with van der Waals surface area (Å²) in [4.78, 5) is 53.7. The van der Waals surface area contributed by atoms with Crippen molar-refractivity contribution in [2.24, 2.45) is 0 Å². The average Bonchev–Trinajstić information content (AvgIpc) is 2.68. The fourth-order valence-corrected chi connectivity index (χ4v) is 9.45. The molecule has 3 N–H and O–H groups in total. The fraction of sp³-hybridized carbons (Fsp3) is 0.385. The van der Waals surface area contributed by atoms with Crippen molar-refractivity contribution >= 4 is 56.8 Å². The Morgan fingerprint density at radius 2 is 0.765 bits per heavy atom. The lowest BCUT2D eigenvalue weighted by atomic mass is 9.84. The molecule has 0 bridgehead atoms. The molecule has 0 fully saturated rings. The number of aryl methyl sites for hydroxylation is 3. The summed E-state index contributed by atoms with van der Waals surface area (Å²) in [5, 5.41) is 60.6. The van der Waals surface area contributed by atoms with Gasteiger partial charge >= 0.3 is 17.9 Å². The monoisotopic (exact) mass is 1160 g/mol. The van der Waals surface area contributed by atoms with Gasteiger partial charge in [0.2, 0.25) is 0 Å². The Bertz CT molecular complexity index is 3780. The molecule has 85 heavy (non-hydrogen) atoms. The Balaban J connectivity index is 0.000000257. The summed E-state index contributed by atoms with van der Waals surface area (Å²) in [7, 11) is 1.41. The van der Waals surface area contributed by atoms with Gasteiger partial charge in [-0.25, -0.2) is 0 Å². The zero-order valence-corrected chi connectivity index (χ0v) is 50.2. The molecular formula is C65H75N9O11. The average molecular weight is 1160 g/mol. The lowest BCUT2D eigenvalue weighted by Gasteiger charge is -2.23. The van der Waals surface area contributed by atoms with E-state index in [-0.39, 0.29) is 78.4 Å². The quantitative estimate of drug-likeness (QED) is 0.0473. The van der Waals surface area contributed by atoms with E-state index in [4.69, 9.17) is 18.9 Å². The summed E-state index contributed by atoms with van der Waals surface area (Å²) in [5.41, 5.74) is 9.11. The number of phenolic OH excluding ortho intramolecular Hbond substituents is 3. The van der Waals surface area contributed by atoms with Gasteiger partial charge in [0.25, 0.3) is 0 Å². The van der Waals surface area contributed by atoms with E-state index in [0.717, 1.165) is 22.3 Å². The molecule has 6 aromatic carbocycles. The van der Waals surface area contributed by atoms with Crippen LogP contribution < -0.4 is 0 Å². The smallest absolute Gasteiger partial charge is 0.306 e. The molecule has 0 radical (unpaired) electrons. The Morgan fingerprint density at radius 1 is 0.459 bits per heavy atom. The third-order valence-electron chi connectivity index (χ3n) is 14.1. The van der Waals surface area contributed by atoms with Gasteiger partial charge in [0.1, 0.15) is 86.7 Å². The van der Waals surface area contributed by atoms with Crippen LogP contribution in [0.5, 0.6) is 17.2 Å². The number of hydrogen-bond acceptors (Lipinski definition) is 17. The molecule has 3 heterocycles. The maximum Gasteiger partial charge on any atom is 0.306 e. The van der Waals surface area contributed by atoms with Crippen LogP contribution in [-0.4, -0.2) is 117 Å². The molecule has 446 valence electrons. The van der Waals surface area contributed by atoms with Crippen LogP contribution in [0.4, 0.5) is 0 Å². The highest BCUT2D eigenvalue weighted by Gasteiger charge is 2.27. The number of ether oxygens (including phenoxy) is 4. The van der Waals surface area contributed by atoms with Gasteiger partial charge in [-0.3, -0.25) is 19.2 Å². The molecule has 1 atom stereocenters. The number of esters is 3. The van der Waals surface area contributed by atoms with Gasteiger partial charge in [-0.1, -0.05) is 124 Å². The lowest BCUT2D eigenvalue weighted by Crippen LogP contribution is -2.25. The molecule has 0 aliphatic heterocycles. The minimum absolute atomic E-state index is 0.0605. The highest BCUT2D eigenvalue weighted by molar-refractivity contribution is 5.83. The van der Waals surface area contributed by atoms with Gasteiger partial charge in [-0.05, 0) is 113 Å². The molecule has 0 saturated carbocycles. The molecule has 9 aromatic rings. The molecule has 20 heteroatoms. The van der Waals surface area contributed by atoms with E-state index in [1.165, 1.54) is 21.5 Å². The summed E-state index contributed by atoms with van der Waals surface area (Å²) in [6.07, 6.45) is 1.26. The molecule has 9 rings (SSSR count). The second kappa shape index (κ2) is 26.3. The number of Topliss-reactive ketones (excluding diaryl/α,β-unsaturated/α-hetero) is 1. The molecule has 3 aromatic heterocycles. The molecule has 0 saturated heterocycles. The summed E-state index contributed by atoms with van der Waals surface area (Å²) in [5.74, 6) is -1.33. The van der Waals surface area contributed by atoms with E-state index in [2.05, 4.69) is 30.6 Å². The van der Waals surface area contributed by atoms with E-state index in [9.17, 15) is 34.5 Å². The highest BCUT2D eigenvalue weighted by Crippen LogP contribution is 2.39. The standard InChI is InChI=1S/C42H48N6O6.C23H27N3O5/c1-8-28(54-38(50)20-18-27-22-30(42(5,6)7)40(52)36(24-27)48-45-33-15-11-12-16-34(33)46-48)25-53-37(49)19-17-26-21-29(41(2,3)4)39(51)35(23-26)47-43-31-13-9-10-14-32(31)44-47;1-23(2,3)17-11-15(9-10-21(28)31-14-16(27)13-30-4)12-20(22(17)29)26-24-18-7-5-6-8-19(18)25-26/h9-16,21-24,28,51-52H,8,17-20,25H2,1-7H3;5-8,11-12,29H,9-10,13-14H2,1-4H3. The minimum atomic E-state index is -0.601. The van der Waals surface area contributed by atoms with Crippen LogP contribution in [-0.2, 0) is 73.6 Å². The van der Waals surface area contributed by atoms with Crippen molar-refractivity contribution in [3.63, 3.8) is 0 Å². The second-order valence-electron chi connectivity index (χ2n) is 24.1. The van der Waals surface area contributed by atoms with Crippen LogP contribution in [0.25, 0.3) is 50.2 Å². The summed E-state index contributed by atoms with van der Waals surface area (Å²) < 4.78 is 21.0. The first-order chi connectivity index (χ1) is 40.3. The number of nitrogens with zero attached hydrogens (tertiary/aromatic N) is 9. The molecule has 20 nitrogen and oxygen atoms in total. The summed E-state index contributed by atoms with van der Waals surface area (Å²) in [6.45, 7) is 19.5. The molecule has 0 spiro atoms. The van der Waals surface area contributed by atoms with Crippen LogP contribution in [0.2, 0.25) is 0 Å². The van der Waals surface area contributed by atoms with E-state index in [0.29, 0.717) is 87.0 Å². The van der Waals surface area contributed by atoms with Gasteiger partial charge in [0, 0.05) is 43.1 Å². The topological polar surface area (TPSA) is 258 Å². The number of aromatic hydroxyl groups is 3. The van der Waals surface area contributed by atoms with Crippen molar-refractivity contribution in [3.8, 4) is 34.3 Å². The molecule has 0 aliphatic rings. The lowest BCUT2D eigenvalue weighted by molar-refractivity contribution is -0.159. The number of benzene rings is 6. The predicted octanol–water partition coefficient (Wildman–Crippen LogP) is 10.7. The first-order valence-corrected chi connectivity index (χ1v) is 28.4. The number of phenols is 3. The molecular weight excluding hydrogens is 1080 g/mol. The number of hydrogen-bond donors (Lipinski definition) is 3. The Morgan fingerprint density at radius 3 is 1.06 bits per heavy atom. The van der Waals surface area contributed by atoms with Crippen molar-refractivity contribution in [1.29, 1.82) is 0 Å². The highest BCUT2D eigenvalue weighted by atomic mass is 16.6. The third-order valence-corrected chi connectivity index (χ3v) is 14.1. The van der Waals surface area contributed by atoms with Gasteiger partial charge in [0.15, 0.2) is 12.4 Å². The number of carbonyl (C=O) groups is 4. The molecule has 0 amide bonds. The minimum Gasteiger partial charge on any atom is -0.505 e. The van der Waals surface area contributed by atoms with Crippen molar-refractivity contribution in [1.82, 2.24) is 45.0 Å². The number of methoxy groups -OCH3 is 1. The molecule has 0 aliphatic carbocycles. The predicted molar refractivity (Wildman–Crippen MR) is 322 cm³/mol. The van der Waals surface area contributed by atoms with Gasteiger partial charge in [0.05, 0.1) is 0 Å². The van der Waals surface area contributed by atoms with Gasteiger partial charge < -0.3 is 34.3 Å². The van der Waals surface area contributed by atoms with Crippen LogP contribution >= 0.6 is 0 Å². The van der Waals surface area contributed by atoms with Crippen LogP contribution in [0.1, 0.15) is 128 Å². The van der Waals surface area contributed by atoms with Crippen molar-refractivity contribution in [2.75, 3.05) is 26.9 Å². The number of aromatic nitrogens is 9. The number of ketones is 1. The first kappa shape index (κ1) is 62.0. The van der Waals surface area contributed by atoms with Crippen molar-refractivity contribution < 1.29 is 53.4 Å². The van der Waals surface area contributed by atoms with E-state index in [1.54, 1.807) is 18.2 Å². The summed E-state index contributed by atoms with van der Waals surface area (Å²) in [6, 6.07) is 33.5. The number of carbonyl (C=O) groups excluding carboxylic acids is 4. The van der Waals surface area contributed by atoms with Crippen molar-refractivity contribution in [2.45, 2.75) is 137 Å².